The van der Waals surface area contributed by atoms with Gasteiger partial charge in [0.2, 0.25) is 11.8 Å². The number of nitrogens with one attached hydrogen (secondary N) is 1. The molecule has 2 aromatic carbocycles. The smallest absolute Gasteiger partial charge is 0.227 e. The fraction of sp³-hybridized carbons (Fsp3) is 0.300. The van der Waals surface area contributed by atoms with Gasteiger partial charge in [-0.3, -0.25) is 9.59 Å². The van der Waals surface area contributed by atoms with Gasteiger partial charge in [-0.05, 0) is 23.6 Å². The Bertz CT molecular complexity index is 811. The van der Waals surface area contributed by atoms with Crippen LogP contribution in [0.4, 0.5) is 5.69 Å². The van der Waals surface area contributed by atoms with Crippen LogP contribution in [0.15, 0.2) is 48.5 Å². The van der Waals surface area contributed by atoms with Crippen molar-refractivity contribution in [1.29, 1.82) is 0 Å². The lowest BCUT2D eigenvalue weighted by Crippen LogP contribution is -2.35. The highest BCUT2D eigenvalue weighted by atomic mass is 35.5. The van der Waals surface area contributed by atoms with Gasteiger partial charge in [0.25, 0.3) is 0 Å². The molecule has 2 aromatic rings. The van der Waals surface area contributed by atoms with Gasteiger partial charge in [-0.1, -0.05) is 66.5 Å². The molecule has 0 unspecified atom stereocenters. The summed E-state index contributed by atoms with van der Waals surface area (Å²) in [6.45, 7) is 2.91. The summed E-state index contributed by atoms with van der Waals surface area (Å²) in [5.41, 5.74) is 1.72. The third kappa shape index (κ3) is 4.02. The monoisotopic (exact) mass is 390 g/mol. The van der Waals surface area contributed by atoms with E-state index >= 15 is 0 Å². The summed E-state index contributed by atoms with van der Waals surface area (Å²) in [6, 6.07) is 15.2. The molecule has 1 heterocycles. The van der Waals surface area contributed by atoms with E-state index in [9.17, 15) is 9.59 Å². The highest BCUT2D eigenvalue weighted by molar-refractivity contribution is 6.44. The van der Waals surface area contributed by atoms with Gasteiger partial charge in [-0.2, -0.15) is 0 Å². The minimum atomic E-state index is -0.388. The van der Waals surface area contributed by atoms with Crippen molar-refractivity contribution in [2.75, 3.05) is 18.0 Å². The summed E-state index contributed by atoms with van der Waals surface area (Å²) in [6.07, 6.45) is 0.175. The molecule has 2 amide bonds. The Kier molecular flexibility index (Phi) is 5.84. The van der Waals surface area contributed by atoms with Gasteiger partial charge in [0, 0.05) is 19.5 Å². The molecular formula is C20H20Cl2N2O2. The Balaban J connectivity index is 1.61. The average Bonchev–Trinajstić information content (AvgIpc) is 3.04. The summed E-state index contributed by atoms with van der Waals surface area (Å²) in [4.78, 5) is 26.4. The van der Waals surface area contributed by atoms with E-state index in [4.69, 9.17) is 23.2 Å². The summed E-state index contributed by atoms with van der Waals surface area (Å²) in [7, 11) is 0. The molecule has 0 bridgehead atoms. The summed E-state index contributed by atoms with van der Waals surface area (Å²) < 4.78 is 0. The van der Waals surface area contributed by atoms with E-state index in [-0.39, 0.29) is 30.1 Å². The minimum Gasteiger partial charge on any atom is -0.355 e. The van der Waals surface area contributed by atoms with Crippen LogP contribution in [0.3, 0.4) is 0 Å². The first-order valence-corrected chi connectivity index (χ1v) is 9.30. The highest BCUT2D eigenvalue weighted by Crippen LogP contribution is 2.35. The van der Waals surface area contributed by atoms with Crippen LogP contribution in [-0.2, 0) is 9.59 Å². The third-order valence-corrected chi connectivity index (χ3v) is 5.48. The fourth-order valence-corrected chi connectivity index (χ4v) is 3.51. The van der Waals surface area contributed by atoms with Crippen LogP contribution in [0, 0.1) is 5.92 Å². The number of amides is 2. The van der Waals surface area contributed by atoms with Gasteiger partial charge in [0.05, 0.1) is 21.7 Å². The molecule has 136 valence electrons. The standard InChI is InChI=1S/C20H20Cl2N2O2/c1-13(14-6-3-2-4-7-14)11-23-20(26)15-10-18(25)24(12-15)17-9-5-8-16(21)19(17)22/h2-9,13,15H,10-12H2,1H3,(H,23,26)/t13-,15+/m1/s1. The molecule has 0 radical (unpaired) electrons. The van der Waals surface area contributed by atoms with Crippen LogP contribution >= 0.6 is 23.2 Å². The lowest BCUT2D eigenvalue weighted by atomic mass is 10.0. The number of hydrogen-bond acceptors (Lipinski definition) is 2. The zero-order valence-electron chi connectivity index (χ0n) is 14.4. The second-order valence-electron chi connectivity index (χ2n) is 6.54. The number of nitrogens with zero attached hydrogens (tertiary/aromatic N) is 1. The number of carbonyl (C=O) groups is 2. The Labute approximate surface area is 163 Å². The minimum absolute atomic E-state index is 0.109. The van der Waals surface area contributed by atoms with Crippen molar-refractivity contribution >= 4 is 40.7 Å². The molecule has 1 aliphatic heterocycles. The van der Waals surface area contributed by atoms with Crippen molar-refractivity contribution in [2.24, 2.45) is 5.92 Å². The summed E-state index contributed by atoms with van der Waals surface area (Å²) in [5, 5.41) is 3.69. The van der Waals surface area contributed by atoms with E-state index in [1.54, 1.807) is 23.1 Å². The molecule has 1 fully saturated rings. The molecule has 0 spiro atoms. The molecule has 2 atom stereocenters. The van der Waals surface area contributed by atoms with Crippen LogP contribution in [0.2, 0.25) is 10.0 Å². The maximum Gasteiger partial charge on any atom is 0.227 e. The SMILES string of the molecule is C[C@H](CNC(=O)[C@H]1CC(=O)N(c2cccc(Cl)c2Cl)C1)c1ccccc1. The number of anilines is 1. The molecule has 1 saturated heterocycles. The number of carbonyl (C=O) groups excluding carboxylic acids is 2. The lowest BCUT2D eigenvalue weighted by molar-refractivity contribution is -0.126. The van der Waals surface area contributed by atoms with Gasteiger partial charge in [0.1, 0.15) is 0 Å². The zero-order chi connectivity index (χ0) is 18.7. The third-order valence-electron chi connectivity index (χ3n) is 4.67. The van der Waals surface area contributed by atoms with Crippen molar-refractivity contribution in [1.82, 2.24) is 5.32 Å². The first kappa shape index (κ1) is 18.7. The molecular weight excluding hydrogens is 371 g/mol. The maximum atomic E-state index is 12.5. The molecule has 0 saturated carbocycles. The predicted molar refractivity (Wildman–Crippen MR) is 105 cm³/mol. The predicted octanol–water partition coefficient (Wildman–Crippen LogP) is 4.27. The number of hydrogen-bond donors (Lipinski definition) is 1. The molecule has 0 aromatic heterocycles. The number of halogens is 2. The van der Waals surface area contributed by atoms with Crippen LogP contribution < -0.4 is 10.2 Å². The Morgan fingerprint density at radius 1 is 1.19 bits per heavy atom. The Morgan fingerprint density at radius 2 is 1.92 bits per heavy atom. The number of benzene rings is 2. The summed E-state index contributed by atoms with van der Waals surface area (Å²) in [5.74, 6) is -0.413. The normalized spacial score (nSPS) is 18.0. The number of rotatable bonds is 5. The first-order chi connectivity index (χ1) is 12.5. The largest absolute Gasteiger partial charge is 0.355 e. The molecule has 3 rings (SSSR count). The van der Waals surface area contributed by atoms with Crippen molar-refractivity contribution in [3.63, 3.8) is 0 Å². The van der Waals surface area contributed by atoms with E-state index in [0.29, 0.717) is 28.8 Å². The Morgan fingerprint density at radius 3 is 2.65 bits per heavy atom. The molecule has 26 heavy (non-hydrogen) atoms. The maximum absolute atomic E-state index is 12.5. The van der Waals surface area contributed by atoms with Crippen LogP contribution in [0.25, 0.3) is 0 Å². The second-order valence-corrected chi connectivity index (χ2v) is 7.32. The van der Waals surface area contributed by atoms with Gasteiger partial charge >= 0.3 is 0 Å². The second kappa shape index (κ2) is 8.11. The highest BCUT2D eigenvalue weighted by Gasteiger charge is 2.36. The van der Waals surface area contributed by atoms with Gasteiger partial charge in [0.15, 0.2) is 0 Å². The van der Waals surface area contributed by atoms with Gasteiger partial charge in [-0.15, -0.1) is 0 Å². The van der Waals surface area contributed by atoms with Crippen molar-refractivity contribution in [3.8, 4) is 0 Å². The van der Waals surface area contributed by atoms with Crippen LogP contribution in [0.5, 0.6) is 0 Å². The van der Waals surface area contributed by atoms with Crippen LogP contribution in [-0.4, -0.2) is 24.9 Å². The lowest BCUT2D eigenvalue weighted by Gasteiger charge is -2.19. The summed E-state index contributed by atoms with van der Waals surface area (Å²) >= 11 is 12.2. The van der Waals surface area contributed by atoms with E-state index in [0.717, 1.165) is 0 Å². The van der Waals surface area contributed by atoms with E-state index < -0.39 is 0 Å². The molecule has 1 aliphatic rings. The molecule has 6 heteroatoms. The first-order valence-electron chi connectivity index (χ1n) is 8.54. The Hall–Kier alpha value is -2.04. The van der Waals surface area contributed by atoms with Crippen molar-refractivity contribution in [3.05, 3.63) is 64.1 Å². The quantitative estimate of drug-likeness (QED) is 0.828. The average molecular weight is 391 g/mol. The van der Waals surface area contributed by atoms with Gasteiger partial charge < -0.3 is 10.2 Å². The van der Waals surface area contributed by atoms with Crippen molar-refractivity contribution < 1.29 is 9.59 Å². The van der Waals surface area contributed by atoms with Crippen molar-refractivity contribution in [2.45, 2.75) is 19.3 Å². The zero-order valence-corrected chi connectivity index (χ0v) is 15.9. The van der Waals surface area contributed by atoms with Crippen LogP contribution in [0.1, 0.15) is 24.8 Å². The topological polar surface area (TPSA) is 49.4 Å². The van der Waals surface area contributed by atoms with E-state index in [2.05, 4.69) is 12.2 Å². The van der Waals surface area contributed by atoms with Gasteiger partial charge in [-0.25, -0.2) is 0 Å². The van der Waals surface area contributed by atoms with E-state index in [1.807, 2.05) is 30.3 Å². The fourth-order valence-electron chi connectivity index (χ4n) is 3.11. The molecule has 0 aliphatic carbocycles. The molecule has 1 N–H and O–H groups in total. The molecule has 4 nitrogen and oxygen atoms in total. The van der Waals surface area contributed by atoms with E-state index in [1.165, 1.54) is 5.56 Å².